The van der Waals surface area contributed by atoms with Gasteiger partial charge in [0.1, 0.15) is 24.1 Å². The number of aromatic nitrogens is 2. The van der Waals surface area contributed by atoms with E-state index in [1.165, 1.54) is 25.6 Å². The van der Waals surface area contributed by atoms with Gasteiger partial charge in [-0.25, -0.2) is 14.4 Å². The number of likely N-dealkylation sites (N-methyl/N-ethyl adjacent to an activating group) is 1. The van der Waals surface area contributed by atoms with Crippen molar-refractivity contribution >= 4 is 23.8 Å². The molecule has 3 rings (SSSR count). The third kappa shape index (κ3) is 7.62. The number of hydrogen-bond donors (Lipinski definition) is 6. The molecule has 216 valence electrons. The van der Waals surface area contributed by atoms with Crippen LogP contribution in [0.3, 0.4) is 0 Å². The van der Waals surface area contributed by atoms with E-state index in [0.717, 1.165) is 30.3 Å². The summed E-state index contributed by atoms with van der Waals surface area (Å²) in [5.74, 6) is -1.68. The van der Waals surface area contributed by atoms with Gasteiger partial charge >= 0.3 is 17.8 Å². The van der Waals surface area contributed by atoms with Crippen LogP contribution in [0.2, 0.25) is 0 Å². The van der Waals surface area contributed by atoms with Gasteiger partial charge in [-0.05, 0) is 32.4 Å². The fourth-order valence-corrected chi connectivity index (χ4v) is 4.88. The first-order valence-electron chi connectivity index (χ1n) is 13.0. The second-order valence-electron chi connectivity index (χ2n) is 9.87. The van der Waals surface area contributed by atoms with Gasteiger partial charge < -0.3 is 35.4 Å². The van der Waals surface area contributed by atoms with Gasteiger partial charge in [0.25, 0.3) is 0 Å². The van der Waals surface area contributed by atoms with E-state index in [0.29, 0.717) is 12.3 Å². The fraction of sp³-hybridized carbons (Fsp3) is 0.640. The summed E-state index contributed by atoms with van der Waals surface area (Å²) in [5.41, 5.74) is -0.683. The number of hydrogen-bond acceptors (Lipinski definition) is 10. The molecule has 2 aliphatic rings. The summed E-state index contributed by atoms with van der Waals surface area (Å²) in [7, 11) is 1.64. The number of carboxylic acid groups (broad SMARTS) is 1. The Morgan fingerprint density at radius 3 is 2.54 bits per heavy atom. The zero-order valence-corrected chi connectivity index (χ0v) is 22.0. The maximum atomic E-state index is 12.8. The van der Waals surface area contributed by atoms with Crippen LogP contribution in [0.25, 0.3) is 0 Å². The molecule has 2 heterocycles. The summed E-state index contributed by atoms with van der Waals surface area (Å²) in [4.78, 5) is 53.3. The highest BCUT2D eigenvalue weighted by atomic mass is 16.6. The molecule has 14 nitrogen and oxygen atoms in total. The topological polar surface area (TPSA) is 201 Å². The summed E-state index contributed by atoms with van der Waals surface area (Å²) in [6.07, 6.45) is 1.78. The average molecular weight is 552 g/mol. The molecule has 0 bridgehead atoms. The zero-order valence-electron chi connectivity index (χ0n) is 22.0. The minimum atomic E-state index is -1.51. The summed E-state index contributed by atoms with van der Waals surface area (Å²) in [6, 6.07) is -0.829. The predicted molar refractivity (Wildman–Crippen MR) is 138 cm³/mol. The summed E-state index contributed by atoms with van der Waals surface area (Å²) in [5, 5.41) is 36.6. The molecule has 6 atom stereocenters. The first-order valence-corrected chi connectivity index (χ1v) is 13.0. The Labute approximate surface area is 225 Å². The van der Waals surface area contributed by atoms with E-state index >= 15 is 0 Å². The molecule has 0 aromatic carbocycles. The number of nitrogens with one attached hydrogen (secondary N) is 3. The number of aliphatic carboxylic acids is 1. The van der Waals surface area contributed by atoms with Crippen LogP contribution in [0.1, 0.15) is 51.7 Å². The lowest BCUT2D eigenvalue weighted by molar-refractivity contribution is -0.145. The van der Waals surface area contributed by atoms with E-state index in [-0.39, 0.29) is 11.4 Å². The van der Waals surface area contributed by atoms with E-state index in [4.69, 9.17) is 9.47 Å². The van der Waals surface area contributed by atoms with Crippen LogP contribution < -0.4 is 21.6 Å². The van der Waals surface area contributed by atoms with E-state index in [2.05, 4.69) is 27.5 Å². The average Bonchev–Trinajstić information content (AvgIpc) is 3.19. The highest BCUT2D eigenvalue weighted by Crippen LogP contribution is 2.32. The van der Waals surface area contributed by atoms with Gasteiger partial charge in [-0.1, -0.05) is 38.7 Å². The first-order chi connectivity index (χ1) is 18.5. The van der Waals surface area contributed by atoms with E-state index in [9.17, 15) is 34.5 Å². The molecule has 1 aromatic rings. The van der Waals surface area contributed by atoms with Crippen LogP contribution in [0.4, 0.5) is 10.6 Å². The van der Waals surface area contributed by atoms with Crippen molar-refractivity contribution < 1.29 is 39.2 Å². The number of nitrogens with zero attached hydrogens (tertiary/aromatic N) is 2. The number of carboxylic acids is 1. The number of anilines is 1. The van der Waals surface area contributed by atoms with Crippen molar-refractivity contribution in [3.05, 3.63) is 34.9 Å². The summed E-state index contributed by atoms with van der Waals surface area (Å²) in [6.45, 7) is 4.54. The number of amides is 2. The van der Waals surface area contributed by atoms with Crippen molar-refractivity contribution in [2.75, 3.05) is 19.0 Å². The molecule has 1 aliphatic carbocycles. The predicted octanol–water partition coefficient (Wildman–Crippen LogP) is 0.115. The lowest BCUT2D eigenvalue weighted by Crippen LogP contribution is -2.54. The second kappa shape index (κ2) is 13.6. The quantitative estimate of drug-likeness (QED) is 0.204. The number of aliphatic hydroxyl groups excluding tert-OH is 2. The smallest absolute Gasteiger partial charge is 0.413 e. The molecule has 1 saturated carbocycles. The van der Waals surface area contributed by atoms with Crippen molar-refractivity contribution in [2.45, 2.75) is 82.1 Å². The largest absolute Gasteiger partial charge is 0.480 e. The van der Waals surface area contributed by atoms with Crippen LogP contribution in [0, 0.1) is 5.92 Å². The van der Waals surface area contributed by atoms with Crippen LogP contribution in [-0.4, -0.2) is 86.9 Å². The van der Waals surface area contributed by atoms with Gasteiger partial charge in [-0.3, -0.25) is 14.7 Å². The third-order valence-electron chi connectivity index (χ3n) is 7.13. The molecular weight excluding hydrogens is 514 g/mol. The number of carbonyl (C=O) groups is 3. The van der Waals surface area contributed by atoms with Crippen molar-refractivity contribution in [2.24, 2.45) is 5.92 Å². The molecule has 14 heteroatoms. The summed E-state index contributed by atoms with van der Waals surface area (Å²) >= 11 is 0. The second-order valence-corrected chi connectivity index (χ2v) is 9.87. The molecule has 0 unspecified atom stereocenters. The van der Waals surface area contributed by atoms with Crippen LogP contribution in [0.5, 0.6) is 0 Å². The molecule has 2 amide bonds. The van der Waals surface area contributed by atoms with Crippen molar-refractivity contribution in [1.82, 2.24) is 20.2 Å². The van der Waals surface area contributed by atoms with E-state index in [1.807, 2.05) is 0 Å². The van der Waals surface area contributed by atoms with Gasteiger partial charge in [0.05, 0.1) is 12.6 Å². The number of rotatable bonds is 11. The molecule has 6 N–H and O–H groups in total. The van der Waals surface area contributed by atoms with E-state index in [1.54, 1.807) is 7.05 Å². The van der Waals surface area contributed by atoms with Crippen LogP contribution in [-0.2, 0) is 19.1 Å². The van der Waals surface area contributed by atoms with Gasteiger partial charge in [-0.2, -0.15) is 4.98 Å². The number of carbonyl (C=O) groups excluding carboxylic acids is 2. The number of ether oxygens (including phenoxy) is 2. The summed E-state index contributed by atoms with van der Waals surface area (Å²) < 4.78 is 11.6. The SMILES string of the molecule is C=C1[C@H](n2ccc(NC(=O)O[C@@H](C)[C@@H](NC(=O)[C@H](CC3CCCCC3)NC)C(=O)O)nc2=O)O[C@H](CO)[C@H]1O. The lowest BCUT2D eigenvalue weighted by Gasteiger charge is -2.28. The highest BCUT2D eigenvalue weighted by Gasteiger charge is 2.39. The van der Waals surface area contributed by atoms with E-state index < -0.39 is 66.9 Å². The molecule has 1 saturated heterocycles. The molecule has 2 fully saturated rings. The molecule has 1 aromatic heterocycles. The Morgan fingerprint density at radius 2 is 1.97 bits per heavy atom. The number of aliphatic hydroxyl groups is 2. The minimum Gasteiger partial charge on any atom is -0.480 e. The molecule has 0 radical (unpaired) electrons. The Kier molecular flexibility index (Phi) is 10.6. The normalized spacial score (nSPS) is 24.0. The van der Waals surface area contributed by atoms with Crippen molar-refractivity contribution in [3.8, 4) is 0 Å². The van der Waals surface area contributed by atoms with Crippen LogP contribution in [0.15, 0.2) is 29.2 Å². The van der Waals surface area contributed by atoms with Gasteiger partial charge in [-0.15, -0.1) is 0 Å². The molecular formula is C25H37N5O9. The van der Waals surface area contributed by atoms with Crippen molar-refractivity contribution in [3.63, 3.8) is 0 Å². The highest BCUT2D eigenvalue weighted by molar-refractivity contribution is 5.88. The Morgan fingerprint density at radius 1 is 1.28 bits per heavy atom. The maximum Gasteiger partial charge on any atom is 0.413 e. The van der Waals surface area contributed by atoms with Crippen LogP contribution >= 0.6 is 0 Å². The van der Waals surface area contributed by atoms with Gasteiger partial charge in [0.15, 0.2) is 12.3 Å². The van der Waals surface area contributed by atoms with Crippen molar-refractivity contribution in [1.29, 1.82) is 0 Å². The molecule has 0 spiro atoms. The maximum absolute atomic E-state index is 12.8. The van der Waals surface area contributed by atoms with Gasteiger partial charge in [0.2, 0.25) is 5.91 Å². The van der Waals surface area contributed by atoms with Gasteiger partial charge in [0, 0.05) is 11.8 Å². The fourth-order valence-electron chi connectivity index (χ4n) is 4.88. The Balaban J connectivity index is 1.58. The Bertz CT molecular complexity index is 1100. The standard InChI is InChI=1S/C25H37N5O9/c1-13-20(32)17(12-31)39-22(13)30-10-9-18(27-24(30)36)28-25(37)38-14(2)19(23(34)35)29-21(33)16(26-3)11-15-7-5-4-6-8-15/h9-10,14-17,19-20,22,26,31-32H,1,4-8,11-12H2,2-3H3,(H,29,33)(H,34,35)(H,27,28,36,37)/t14-,16-,17+,19+,20-,22+/m0/s1. The Hall–Kier alpha value is -3.33. The third-order valence-corrected chi connectivity index (χ3v) is 7.13. The first kappa shape index (κ1) is 30.2. The molecule has 1 aliphatic heterocycles. The monoisotopic (exact) mass is 551 g/mol. The minimum absolute atomic E-state index is 0.160. The zero-order chi connectivity index (χ0) is 28.7. The lowest BCUT2D eigenvalue weighted by atomic mass is 9.84. The molecule has 39 heavy (non-hydrogen) atoms.